The number of ether oxygens (including phenoxy) is 4. The third kappa shape index (κ3) is 27.5. The Kier molecular flexibility index (Phi) is 36.3. The Bertz CT molecular complexity index is 2170. The molecular weight excluding hydrogens is 1190 g/mol. The number of amides is 5. The Morgan fingerprint density at radius 3 is 1.70 bits per heavy atom. The molecule has 0 radical (unpaired) electrons. The maximum Gasteiger partial charge on any atom is 0.699 e. The molecular formula is C59H106N5O22P2+. The van der Waals surface area contributed by atoms with Gasteiger partial charge in [0.15, 0.2) is 18.4 Å². The zero-order valence-electron chi connectivity index (χ0n) is 52.5. The Balaban J connectivity index is 1.14. The number of aliphatic hydroxyl groups excluding tert-OH is 7. The van der Waals surface area contributed by atoms with E-state index in [9.17, 15) is 73.6 Å². The maximum absolute atomic E-state index is 13.7. The van der Waals surface area contributed by atoms with Gasteiger partial charge >= 0.3 is 8.25 Å². The number of unbranched alkanes of at least 4 members (excludes halogenated alkanes) is 8. The second kappa shape index (κ2) is 41.4. The van der Waals surface area contributed by atoms with Crippen LogP contribution in [-0.2, 0) is 70.4 Å². The highest BCUT2D eigenvalue weighted by Gasteiger charge is 2.44. The van der Waals surface area contributed by atoms with Crippen LogP contribution in [0.25, 0.3) is 0 Å². The summed E-state index contributed by atoms with van der Waals surface area (Å²) in [5.74, 6) is -1.92. The van der Waals surface area contributed by atoms with E-state index in [0.717, 1.165) is 12.8 Å². The summed E-state index contributed by atoms with van der Waals surface area (Å²) in [5, 5.41) is 78.3. The topological polar surface area (TPSA) is 385 Å². The summed E-state index contributed by atoms with van der Waals surface area (Å²) in [4.78, 5) is 80.4. The summed E-state index contributed by atoms with van der Waals surface area (Å²) in [5.41, 5.74) is 0. The largest absolute Gasteiger partial charge is 0.699 e. The molecule has 4 heterocycles. The van der Waals surface area contributed by atoms with Crippen LogP contribution in [0.3, 0.4) is 0 Å². The number of rotatable bonds is 44. The number of carbonyl (C=O) groups excluding carboxylic acids is 6. The van der Waals surface area contributed by atoms with Crippen molar-refractivity contribution in [2.45, 2.75) is 230 Å². The molecule has 0 aliphatic carbocycles. The van der Waals surface area contributed by atoms with Crippen molar-refractivity contribution in [2.75, 3.05) is 85.4 Å². The molecule has 508 valence electrons. The number of likely N-dealkylation sites (tertiary alicyclic amines) is 2. The molecule has 4 aliphatic heterocycles. The summed E-state index contributed by atoms with van der Waals surface area (Å²) in [6.07, 6.45) is 2.07. The fourth-order valence-electron chi connectivity index (χ4n) is 11.7. The van der Waals surface area contributed by atoms with E-state index in [1.54, 1.807) is 23.6 Å². The van der Waals surface area contributed by atoms with Crippen molar-refractivity contribution in [1.29, 1.82) is 0 Å². The minimum absolute atomic E-state index is 0.0364. The molecule has 0 bridgehead atoms. The fraction of sp³-hybridized carbons (Fsp3) is 0.898. The summed E-state index contributed by atoms with van der Waals surface area (Å²) in [7, 11) is -5.94. The van der Waals surface area contributed by atoms with Gasteiger partial charge in [-0.05, 0) is 95.3 Å². The third-order valence-corrected chi connectivity index (χ3v) is 19.4. The molecule has 29 heteroatoms. The van der Waals surface area contributed by atoms with Crippen LogP contribution in [0.5, 0.6) is 0 Å². The molecule has 10 N–H and O–H groups in total. The van der Waals surface area contributed by atoms with Gasteiger partial charge in [-0.1, -0.05) is 44.6 Å². The van der Waals surface area contributed by atoms with E-state index in [1.807, 2.05) is 6.92 Å². The van der Waals surface area contributed by atoms with Gasteiger partial charge in [-0.25, -0.2) is 0 Å². The predicted octanol–water partition coefficient (Wildman–Crippen LogP) is 2.91. The number of aliphatic hydroxyl groups is 7. The first-order valence-electron chi connectivity index (χ1n) is 31.9. The van der Waals surface area contributed by atoms with Crippen molar-refractivity contribution < 1.29 is 106 Å². The van der Waals surface area contributed by atoms with Crippen LogP contribution in [0.4, 0.5) is 0 Å². The predicted molar refractivity (Wildman–Crippen MR) is 321 cm³/mol. The van der Waals surface area contributed by atoms with Crippen molar-refractivity contribution in [1.82, 2.24) is 25.8 Å². The van der Waals surface area contributed by atoms with E-state index in [2.05, 4.69) is 16.0 Å². The van der Waals surface area contributed by atoms with Crippen LogP contribution in [0, 0.1) is 23.7 Å². The van der Waals surface area contributed by atoms with E-state index < -0.39 is 103 Å². The lowest BCUT2D eigenvalue weighted by molar-refractivity contribution is -0.282. The summed E-state index contributed by atoms with van der Waals surface area (Å²) in [6, 6.07) is -1.47. The Morgan fingerprint density at radius 2 is 1.14 bits per heavy atom. The second-order valence-electron chi connectivity index (χ2n) is 24.5. The van der Waals surface area contributed by atoms with E-state index >= 15 is 0 Å². The monoisotopic (exact) mass is 1300 g/mol. The smallest absolute Gasteiger partial charge is 0.394 e. The van der Waals surface area contributed by atoms with E-state index in [-0.39, 0.29) is 118 Å². The van der Waals surface area contributed by atoms with Gasteiger partial charge in [0.05, 0.1) is 50.2 Å². The minimum atomic E-state index is -3.27. The maximum atomic E-state index is 13.7. The number of carbonyl (C=O) groups is 6. The fourth-order valence-corrected chi connectivity index (χ4v) is 13.9. The molecule has 4 saturated heterocycles. The number of hydrogen-bond donors (Lipinski definition) is 10. The summed E-state index contributed by atoms with van der Waals surface area (Å²) < 4.78 is 65.2. The lowest BCUT2D eigenvalue weighted by atomic mass is 9.92. The summed E-state index contributed by atoms with van der Waals surface area (Å²) >= 11 is 0. The van der Waals surface area contributed by atoms with Crippen LogP contribution in [-0.4, -0.2) is 234 Å². The highest BCUT2D eigenvalue weighted by Crippen LogP contribution is 2.47. The molecule has 0 saturated carbocycles. The summed E-state index contributed by atoms with van der Waals surface area (Å²) in [6.45, 7) is 8.69. The second-order valence-corrected chi connectivity index (χ2v) is 28.2. The molecule has 0 spiro atoms. The van der Waals surface area contributed by atoms with Crippen LogP contribution in [0.15, 0.2) is 0 Å². The first-order chi connectivity index (χ1) is 42.0. The minimum Gasteiger partial charge on any atom is -0.394 e. The van der Waals surface area contributed by atoms with Crippen LogP contribution in [0.2, 0.25) is 0 Å². The average molecular weight is 1300 g/mol. The molecule has 12 unspecified atom stereocenters. The van der Waals surface area contributed by atoms with Gasteiger partial charge in [-0.2, -0.15) is 0 Å². The van der Waals surface area contributed by atoms with Crippen molar-refractivity contribution in [3.8, 4) is 0 Å². The molecule has 88 heavy (non-hydrogen) atoms. The van der Waals surface area contributed by atoms with Gasteiger partial charge in [0.2, 0.25) is 43.7 Å². The van der Waals surface area contributed by atoms with Gasteiger partial charge < -0.3 is 80.4 Å². The van der Waals surface area contributed by atoms with Gasteiger partial charge in [-0.3, -0.25) is 37.9 Å². The molecule has 4 rings (SSSR count). The quantitative estimate of drug-likeness (QED) is 0.0238. The molecule has 5 amide bonds. The third-order valence-electron chi connectivity index (χ3n) is 16.9. The number of nitrogens with zero attached hydrogens (tertiary/aromatic N) is 2. The lowest BCUT2D eigenvalue weighted by Crippen LogP contribution is -2.55. The van der Waals surface area contributed by atoms with E-state index in [4.69, 9.17) is 32.5 Å². The van der Waals surface area contributed by atoms with Crippen molar-refractivity contribution in [3.05, 3.63) is 0 Å². The molecule has 0 aromatic heterocycles. The first kappa shape index (κ1) is 77.2. The number of ketones is 1. The van der Waals surface area contributed by atoms with Crippen LogP contribution < -0.4 is 16.0 Å². The average Bonchev–Trinajstić information content (AvgIpc) is 3.09. The number of nitrogens with one attached hydrogen (secondary N) is 3. The Hall–Kier alpha value is -3.21. The molecule has 17 atom stereocenters. The van der Waals surface area contributed by atoms with Gasteiger partial charge in [0, 0.05) is 108 Å². The highest BCUT2D eigenvalue weighted by molar-refractivity contribution is 7.58. The molecule has 0 aromatic carbocycles. The number of hydrogen-bond acceptors (Lipinski definition) is 22. The Morgan fingerprint density at radius 1 is 0.614 bits per heavy atom. The van der Waals surface area contributed by atoms with Gasteiger partial charge in [0.1, 0.15) is 31.0 Å². The molecule has 4 fully saturated rings. The van der Waals surface area contributed by atoms with E-state index in [0.29, 0.717) is 122 Å². The van der Waals surface area contributed by atoms with Crippen molar-refractivity contribution in [2.24, 2.45) is 23.7 Å². The SMILES string of the molecule is CC(=O)NCCCCCC(=O)N1C[C@H](CP(C)(=O)OCO[P+](=O)OC[C@@H]2C[C@@H](C)CN2C(=O)CCCCCCC(=O)[C@H](CCCCNC(=O)CCCCOC2OC(CO)C(O)C(O)C2C)NC(=O)CCCCOC2OC(CO)C(O)C(O)C2C)C[C@H]1CO. The van der Waals surface area contributed by atoms with Crippen LogP contribution >= 0.6 is 15.6 Å². The normalized spacial score (nSPS) is 28.5. The Labute approximate surface area is 520 Å². The number of Topliss-reactive ketones (excluding diaryl/α,β-unsaturated/α-hetero) is 1. The molecule has 0 aromatic rings. The van der Waals surface area contributed by atoms with Crippen molar-refractivity contribution >= 4 is 50.9 Å². The molecule has 27 nitrogen and oxygen atoms in total. The van der Waals surface area contributed by atoms with Gasteiger partial charge in [0.25, 0.3) is 0 Å². The van der Waals surface area contributed by atoms with E-state index in [1.165, 1.54) is 13.6 Å². The first-order valence-corrected chi connectivity index (χ1v) is 35.3. The van der Waals surface area contributed by atoms with Crippen molar-refractivity contribution in [3.63, 3.8) is 0 Å². The zero-order valence-corrected chi connectivity index (χ0v) is 54.3. The van der Waals surface area contributed by atoms with Crippen LogP contribution in [0.1, 0.15) is 163 Å². The molecule has 4 aliphatic rings. The zero-order chi connectivity index (χ0) is 64.8. The standard InChI is InChI=1S/C59H105N5O22P2/c1-39-29-45(36-82-87(78)83-38-84-88(5,79)37-43-30-44(33-65)64(32-43)53(73)24-11-8-15-25-60-42(4)68)63(31-39)52(72)23-10-7-6-9-20-47(69)46(62-51(71)22-14-18-28-81-59-41(3)55(75)57(77)49(35-67)86-59)19-12-16-26-61-50(70)21-13-17-27-80-58-40(2)54(74)56(76)48(34-66)85-58/h39-41,43-46,48-49,54-59,65-67,74-77H,6-38H2,1-5H3,(H2-,60,61,62,68,70,71)/p+1/t39-,40?,41?,43-,44+,45+,46+,48?,49?,54?,55?,56?,57?,58?,59?,88?/m1/s1. The van der Waals surface area contributed by atoms with Gasteiger partial charge in [-0.15, -0.1) is 4.52 Å². The lowest BCUT2D eigenvalue weighted by Gasteiger charge is -2.40. The highest BCUT2D eigenvalue weighted by atomic mass is 31.2.